The second-order valence-electron chi connectivity index (χ2n) is 4.75. The van der Waals surface area contributed by atoms with Gasteiger partial charge in [-0.1, -0.05) is 23.7 Å². The van der Waals surface area contributed by atoms with Gasteiger partial charge in [0.15, 0.2) is 0 Å². The van der Waals surface area contributed by atoms with Gasteiger partial charge < -0.3 is 15.3 Å². The maximum atomic E-state index is 10.0. The molecule has 100 valence electrons. The van der Waals surface area contributed by atoms with Gasteiger partial charge in [0.05, 0.1) is 18.3 Å². The molecule has 1 aromatic carbocycles. The third kappa shape index (κ3) is 3.43. The van der Waals surface area contributed by atoms with Gasteiger partial charge in [0.25, 0.3) is 0 Å². The fraction of sp³-hybridized carbons (Fsp3) is 0.538. The topological polar surface area (TPSA) is 63.9 Å². The molecule has 1 saturated heterocycles. The molecule has 1 fully saturated rings. The van der Waals surface area contributed by atoms with E-state index in [9.17, 15) is 15.3 Å². The van der Waals surface area contributed by atoms with Crippen molar-refractivity contribution in [2.45, 2.75) is 24.7 Å². The van der Waals surface area contributed by atoms with Crippen molar-refractivity contribution in [3.63, 3.8) is 0 Å². The van der Waals surface area contributed by atoms with Crippen molar-refractivity contribution in [2.24, 2.45) is 0 Å². The minimum atomic E-state index is -0.669. The lowest BCUT2D eigenvalue weighted by atomic mass is 10.1. The average Bonchev–Trinajstić information content (AvgIpc) is 2.67. The van der Waals surface area contributed by atoms with Gasteiger partial charge in [-0.15, -0.1) is 0 Å². The monoisotopic (exact) mass is 271 g/mol. The molecule has 0 bridgehead atoms. The smallest absolute Gasteiger partial charge is 0.0938 e. The molecule has 3 N–H and O–H groups in total. The van der Waals surface area contributed by atoms with Gasteiger partial charge in [-0.2, -0.15) is 0 Å². The molecule has 5 heteroatoms. The van der Waals surface area contributed by atoms with Crippen molar-refractivity contribution < 1.29 is 15.3 Å². The maximum Gasteiger partial charge on any atom is 0.0938 e. The molecule has 0 radical (unpaired) electrons. The van der Waals surface area contributed by atoms with Crippen LogP contribution in [0.1, 0.15) is 18.1 Å². The highest BCUT2D eigenvalue weighted by molar-refractivity contribution is 6.30. The fourth-order valence-corrected chi connectivity index (χ4v) is 2.31. The van der Waals surface area contributed by atoms with Crippen LogP contribution in [0.4, 0.5) is 0 Å². The van der Waals surface area contributed by atoms with E-state index in [4.69, 9.17) is 11.6 Å². The first kappa shape index (κ1) is 13.8. The number of aliphatic hydroxyl groups is 3. The lowest BCUT2D eigenvalue weighted by molar-refractivity contribution is 0.0572. The third-order valence-corrected chi connectivity index (χ3v) is 3.56. The minimum Gasteiger partial charge on any atom is -0.389 e. The molecule has 1 aliphatic rings. The first-order chi connectivity index (χ1) is 8.56. The number of rotatable bonds is 4. The van der Waals surface area contributed by atoms with Gasteiger partial charge >= 0.3 is 0 Å². The standard InChI is InChI=1S/C13H18ClNO3/c14-10-3-1-9(2-4-10)11(16)5-6-15-7-12(17)13(18)8-15/h1-4,11-13,16-18H,5-8H2. The number of likely N-dealkylation sites (tertiary alicyclic amines) is 1. The van der Waals surface area contributed by atoms with Crippen molar-refractivity contribution in [3.8, 4) is 0 Å². The lowest BCUT2D eigenvalue weighted by Crippen LogP contribution is -2.24. The Morgan fingerprint density at radius 2 is 1.72 bits per heavy atom. The summed E-state index contributed by atoms with van der Waals surface area (Å²) < 4.78 is 0. The first-order valence-corrected chi connectivity index (χ1v) is 6.46. The summed E-state index contributed by atoms with van der Waals surface area (Å²) in [5, 5.41) is 29.5. The summed E-state index contributed by atoms with van der Waals surface area (Å²) in [4.78, 5) is 1.95. The van der Waals surface area contributed by atoms with E-state index in [0.717, 1.165) is 5.56 Å². The molecular weight excluding hydrogens is 254 g/mol. The van der Waals surface area contributed by atoms with Crippen molar-refractivity contribution in [1.29, 1.82) is 0 Å². The summed E-state index contributed by atoms with van der Waals surface area (Å²) in [6, 6.07) is 7.12. The number of hydrogen-bond acceptors (Lipinski definition) is 4. The van der Waals surface area contributed by atoms with E-state index < -0.39 is 18.3 Å². The summed E-state index contributed by atoms with van der Waals surface area (Å²) in [6.07, 6.45) is -1.31. The number of halogens is 1. The number of β-amino-alcohol motifs (C(OH)–C–C–N with tert-alkyl or cyclic N) is 2. The van der Waals surface area contributed by atoms with Crippen LogP contribution in [-0.2, 0) is 0 Å². The van der Waals surface area contributed by atoms with Crippen LogP contribution in [0.15, 0.2) is 24.3 Å². The Morgan fingerprint density at radius 3 is 2.28 bits per heavy atom. The van der Waals surface area contributed by atoms with Crippen molar-refractivity contribution in [1.82, 2.24) is 4.90 Å². The second-order valence-corrected chi connectivity index (χ2v) is 5.19. The highest BCUT2D eigenvalue weighted by Crippen LogP contribution is 2.20. The van der Waals surface area contributed by atoms with Crippen LogP contribution in [0.5, 0.6) is 0 Å². The Morgan fingerprint density at radius 1 is 1.17 bits per heavy atom. The number of nitrogens with zero attached hydrogens (tertiary/aromatic N) is 1. The Kier molecular flexibility index (Phi) is 4.59. The molecule has 0 amide bonds. The normalized spacial score (nSPS) is 26.4. The molecule has 2 rings (SSSR count). The van der Waals surface area contributed by atoms with E-state index in [1.165, 1.54) is 0 Å². The van der Waals surface area contributed by atoms with E-state index in [1.807, 2.05) is 4.90 Å². The number of benzene rings is 1. The molecule has 3 unspecified atom stereocenters. The zero-order valence-corrected chi connectivity index (χ0v) is 10.8. The molecule has 1 aliphatic heterocycles. The fourth-order valence-electron chi connectivity index (χ4n) is 2.19. The van der Waals surface area contributed by atoms with Gasteiger partial charge in [-0.05, 0) is 24.1 Å². The molecular formula is C13H18ClNO3. The van der Waals surface area contributed by atoms with Crippen LogP contribution in [0.25, 0.3) is 0 Å². The Bertz CT molecular complexity index is 374. The van der Waals surface area contributed by atoms with Gasteiger partial charge in [-0.25, -0.2) is 0 Å². The second kappa shape index (κ2) is 5.99. The highest BCUT2D eigenvalue weighted by atomic mass is 35.5. The first-order valence-electron chi connectivity index (χ1n) is 6.08. The Balaban J connectivity index is 1.81. The maximum absolute atomic E-state index is 10.0. The SMILES string of the molecule is OC(CCN1CC(O)C(O)C1)c1ccc(Cl)cc1. The van der Waals surface area contributed by atoms with Gasteiger partial charge in [0, 0.05) is 24.7 Å². The summed E-state index contributed by atoms with van der Waals surface area (Å²) in [6.45, 7) is 1.58. The van der Waals surface area contributed by atoms with E-state index in [2.05, 4.69) is 0 Å². The average molecular weight is 272 g/mol. The predicted octanol–water partition coefficient (Wildman–Crippen LogP) is 0.801. The third-order valence-electron chi connectivity index (χ3n) is 3.31. The van der Waals surface area contributed by atoms with E-state index in [0.29, 0.717) is 31.1 Å². The van der Waals surface area contributed by atoms with E-state index >= 15 is 0 Å². The van der Waals surface area contributed by atoms with E-state index in [1.54, 1.807) is 24.3 Å². The van der Waals surface area contributed by atoms with Crippen LogP contribution < -0.4 is 0 Å². The minimum absolute atomic E-state index is 0.467. The molecule has 3 atom stereocenters. The van der Waals surface area contributed by atoms with Gasteiger partial charge in [-0.3, -0.25) is 4.90 Å². The Hall–Kier alpha value is -0.650. The highest BCUT2D eigenvalue weighted by Gasteiger charge is 2.29. The molecule has 0 aromatic heterocycles. The van der Waals surface area contributed by atoms with E-state index in [-0.39, 0.29) is 0 Å². The lowest BCUT2D eigenvalue weighted by Gasteiger charge is -2.17. The quantitative estimate of drug-likeness (QED) is 0.758. The van der Waals surface area contributed by atoms with Crippen LogP contribution in [0, 0.1) is 0 Å². The van der Waals surface area contributed by atoms with Crippen molar-refractivity contribution >= 4 is 11.6 Å². The predicted molar refractivity (Wildman–Crippen MR) is 69.5 cm³/mol. The van der Waals surface area contributed by atoms with Gasteiger partial charge in [0.1, 0.15) is 0 Å². The summed E-state index contributed by atoms with van der Waals surface area (Å²) in [5.74, 6) is 0. The summed E-state index contributed by atoms with van der Waals surface area (Å²) in [7, 11) is 0. The zero-order valence-electron chi connectivity index (χ0n) is 10.0. The molecule has 1 heterocycles. The number of hydrogen-bond donors (Lipinski definition) is 3. The molecule has 0 spiro atoms. The van der Waals surface area contributed by atoms with Crippen LogP contribution in [0.2, 0.25) is 5.02 Å². The molecule has 0 aliphatic carbocycles. The van der Waals surface area contributed by atoms with Crippen molar-refractivity contribution in [2.75, 3.05) is 19.6 Å². The van der Waals surface area contributed by atoms with Crippen LogP contribution >= 0.6 is 11.6 Å². The number of aliphatic hydroxyl groups excluding tert-OH is 3. The molecule has 0 saturated carbocycles. The summed E-state index contributed by atoms with van der Waals surface area (Å²) >= 11 is 5.78. The Labute approximate surface area is 111 Å². The molecule has 18 heavy (non-hydrogen) atoms. The largest absolute Gasteiger partial charge is 0.389 e. The molecule has 1 aromatic rings. The van der Waals surface area contributed by atoms with Crippen molar-refractivity contribution in [3.05, 3.63) is 34.9 Å². The molecule has 4 nitrogen and oxygen atoms in total. The summed E-state index contributed by atoms with van der Waals surface area (Å²) in [5.41, 5.74) is 0.833. The van der Waals surface area contributed by atoms with Gasteiger partial charge in [0.2, 0.25) is 0 Å². The zero-order chi connectivity index (χ0) is 13.1. The van der Waals surface area contributed by atoms with Crippen LogP contribution in [-0.4, -0.2) is 52.1 Å². The van der Waals surface area contributed by atoms with Crippen LogP contribution in [0.3, 0.4) is 0 Å².